The molecular formula is C59H38N2. The molecule has 0 aliphatic heterocycles. The van der Waals surface area contributed by atoms with Gasteiger partial charge < -0.3 is 0 Å². The molecule has 0 spiro atoms. The lowest BCUT2D eigenvalue weighted by atomic mass is 9.88. The zero-order chi connectivity index (χ0) is 40.4. The van der Waals surface area contributed by atoms with E-state index in [2.05, 4.69) is 207 Å². The van der Waals surface area contributed by atoms with Gasteiger partial charge in [0.25, 0.3) is 0 Å². The first kappa shape index (κ1) is 35.0. The van der Waals surface area contributed by atoms with Crippen molar-refractivity contribution in [2.45, 2.75) is 6.92 Å². The Balaban J connectivity index is 0.931. The second-order valence-corrected chi connectivity index (χ2v) is 16.1. The predicted octanol–water partition coefficient (Wildman–Crippen LogP) is 16.0. The van der Waals surface area contributed by atoms with Gasteiger partial charge in [-0.1, -0.05) is 194 Å². The summed E-state index contributed by atoms with van der Waals surface area (Å²) in [5.74, 6) is 0.729. The van der Waals surface area contributed by atoms with Crippen molar-refractivity contribution >= 4 is 64.8 Å². The first-order valence-electron chi connectivity index (χ1n) is 21.0. The second-order valence-electron chi connectivity index (χ2n) is 16.1. The van der Waals surface area contributed by atoms with Crippen LogP contribution in [0.1, 0.15) is 5.56 Å². The van der Waals surface area contributed by atoms with Crippen molar-refractivity contribution in [1.29, 1.82) is 0 Å². The number of nitrogens with zero attached hydrogens (tertiary/aromatic N) is 2. The van der Waals surface area contributed by atoms with Crippen LogP contribution in [0.3, 0.4) is 0 Å². The third kappa shape index (κ3) is 5.79. The number of hydrogen-bond donors (Lipinski definition) is 0. The van der Waals surface area contributed by atoms with E-state index in [1.165, 1.54) is 87.4 Å². The van der Waals surface area contributed by atoms with E-state index in [0.29, 0.717) is 0 Å². The van der Waals surface area contributed by atoms with E-state index >= 15 is 0 Å². The second kappa shape index (κ2) is 14.1. The van der Waals surface area contributed by atoms with Gasteiger partial charge in [0.2, 0.25) is 0 Å². The average molecular weight is 775 g/mol. The number of benzene rings is 11. The van der Waals surface area contributed by atoms with Crippen molar-refractivity contribution in [2.24, 2.45) is 0 Å². The fraction of sp³-hybridized carbons (Fsp3) is 0.0169. The highest BCUT2D eigenvalue weighted by Gasteiger charge is 2.17. The standard InChI is InChI=1S/C59H38N2/c1-37-12-9-15-40-28-29-42-17-11-22-51(57(42)55(37)40)50-21-10-16-41-30-31-45-36-44(32-33-47(45)56(41)50)38-24-26-39(27-25-38)46-34-35-52(49-19-6-5-18-48(46)49)59-60-54-23-8-7-20-53(54)58(61-59)43-13-3-2-4-14-43/h2-36H,1H3. The maximum atomic E-state index is 5.21. The Hall–Kier alpha value is -7.94. The Morgan fingerprint density at radius 3 is 1.64 bits per heavy atom. The monoisotopic (exact) mass is 774 g/mol. The van der Waals surface area contributed by atoms with Crippen LogP contribution < -0.4 is 0 Å². The summed E-state index contributed by atoms with van der Waals surface area (Å²) < 4.78 is 0. The van der Waals surface area contributed by atoms with Crippen LogP contribution in [0.4, 0.5) is 0 Å². The van der Waals surface area contributed by atoms with Crippen LogP contribution in [0.5, 0.6) is 0 Å². The molecule has 0 radical (unpaired) electrons. The van der Waals surface area contributed by atoms with Crippen LogP contribution in [-0.4, -0.2) is 9.97 Å². The quantitative estimate of drug-likeness (QED) is 0.163. The molecule has 284 valence electrons. The molecule has 12 aromatic rings. The maximum absolute atomic E-state index is 5.21. The molecule has 1 heterocycles. The molecule has 0 amide bonds. The smallest absolute Gasteiger partial charge is 0.161 e. The summed E-state index contributed by atoms with van der Waals surface area (Å²) in [6.07, 6.45) is 0. The van der Waals surface area contributed by atoms with Crippen LogP contribution in [0.2, 0.25) is 0 Å². The SMILES string of the molecule is Cc1cccc2ccc3cccc(-c4cccc5ccc6cc(-c7ccc(-c8ccc(-c9nc(-c%10ccccc%10)c%10ccccc%10n9)c9ccccc89)cc7)ccc6c45)c3c12. The minimum absolute atomic E-state index is 0.729. The molecule has 2 nitrogen and oxygen atoms in total. The van der Waals surface area contributed by atoms with Gasteiger partial charge in [0.05, 0.1) is 11.2 Å². The summed E-state index contributed by atoms with van der Waals surface area (Å²) in [7, 11) is 0. The number of hydrogen-bond acceptors (Lipinski definition) is 2. The normalized spacial score (nSPS) is 11.7. The average Bonchev–Trinajstić information content (AvgIpc) is 3.33. The minimum Gasteiger partial charge on any atom is -0.228 e. The minimum atomic E-state index is 0.729. The largest absolute Gasteiger partial charge is 0.228 e. The molecule has 0 atom stereocenters. The molecule has 0 saturated carbocycles. The molecule has 0 N–H and O–H groups in total. The molecule has 11 aromatic carbocycles. The van der Waals surface area contributed by atoms with E-state index in [9.17, 15) is 0 Å². The highest BCUT2D eigenvalue weighted by Crippen LogP contribution is 2.42. The van der Waals surface area contributed by atoms with Gasteiger partial charge in [-0.3, -0.25) is 0 Å². The molecule has 0 unspecified atom stereocenters. The summed E-state index contributed by atoms with van der Waals surface area (Å²) in [6, 6.07) is 76.9. The highest BCUT2D eigenvalue weighted by atomic mass is 14.9. The summed E-state index contributed by atoms with van der Waals surface area (Å²) in [5, 5.41) is 13.6. The van der Waals surface area contributed by atoms with Crippen molar-refractivity contribution in [1.82, 2.24) is 9.97 Å². The lowest BCUT2D eigenvalue weighted by molar-refractivity contribution is 1.23. The Morgan fingerprint density at radius 1 is 0.295 bits per heavy atom. The van der Waals surface area contributed by atoms with E-state index in [1.807, 2.05) is 12.1 Å². The van der Waals surface area contributed by atoms with Gasteiger partial charge in [0.15, 0.2) is 5.82 Å². The van der Waals surface area contributed by atoms with Crippen molar-refractivity contribution in [3.8, 4) is 56.0 Å². The van der Waals surface area contributed by atoms with E-state index in [1.54, 1.807) is 0 Å². The van der Waals surface area contributed by atoms with Gasteiger partial charge in [-0.15, -0.1) is 0 Å². The fourth-order valence-electron chi connectivity index (χ4n) is 9.69. The van der Waals surface area contributed by atoms with Gasteiger partial charge in [0, 0.05) is 16.5 Å². The van der Waals surface area contributed by atoms with Crippen molar-refractivity contribution in [3.63, 3.8) is 0 Å². The number of aryl methyl sites for hydroxylation is 1. The maximum Gasteiger partial charge on any atom is 0.161 e. The molecule has 0 aliphatic carbocycles. The molecule has 1 aromatic heterocycles. The van der Waals surface area contributed by atoms with Crippen LogP contribution >= 0.6 is 0 Å². The Morgan fingerprint density at radius 2 is 0.869 bits per heavy atom. The van der Waals surface area contributed by atoms with Crippen LogP contribution in [0.15, 0.2) is 212 Å². The number of aromatic nitrogens is 2. The molecule has 2 heteroatoms. The highest BCUT2D eigenvalue weighted by molar-refractivity contribution is 6.21. The van der Waals surface area contributed by atoms with Crippen molar-refractivity contribution in [2.75, 3.05) is 0 Å². The third-order valence-electron chi connectivity index (χ3n) is 12.6. The molecule has 0 saturated heterocycles. The predicted molar refractivity (Wildman–Crippen MR) is 259 cm³/mol. The molecule has 0 aliphatic rings. The van der Waals surface area contributed by atoms with Gasteiger partial charge in [-0.2, -0.15) is 0 Å². The topological polar surface area (TPSA) is 25.8 Å². The molecule has 61 heavy (non-hydrogen) atoms. The van der Waals surface area contributed by atoms with Crippen LogP contribution in [0.25, 0.3) is 121 Å². The molecular weight excluding hydrogens is 737 g/mol. The van der Waals surface area contributed by atoms with Crippen molar-refractivity contribution in [3.05, 3.63) is 218 Å². The molecule has 12 rings (SSSR count). The summed E-state index contributed by atoms with van der Waals surface area (Å²) >= 11 is 0. The molecule has 0 bridgehead atoms. The fourth-order valence-corrected chi connectivity index (χ4v) is 9.69. The Labute approximate surface area is 354 Å². The van der Waals surface area contributed by atoms with Gasteiger partial charge in [-0.25, -0.2) is 9.97 Å². The third-order valence-corrected chi connectivity index (χ3v) is 12.6. The summed E-state index contributed by atoms with van der Waals surface area (Å²) in [4.78, 5) is 10.3. The van der Waals surface area contributed by atoms with Gasteiger partial charge in [0.1, 0.15) is 0 Å². The lowest BCUT2D eigenvalue weighted by Crippen LogP contribution is -1.96. The zero-order valence-electron chi connectivity index (χ0n) is 33.6. The first-order chi connectivity index (χ1) is 30.2. The number of para-hydroxylation sites is 1. The van der Waals surface area contributed by atoms with Gasteiger partial charge >= 0.3 is 0 Å². The van der Waals surface area contributed by atoms with E-state index in [0.717, 1.165) is 38.9 Å². The van der Waals surface area contributed by atoms with E-state index in [-0.39, 0.29) is 0 Å². The van der Waals surface area contributed by atoms with Crippen LogP contribution in [0, 0.1) is 6.92 Å². The first-order valence-corrected chi connectivity index (χ1v) is 21.0. The Bertz CT molecular complexity index is 3700. The van der Waals surface area contributed by atoms with Crippen LogP contribution in [-0.2, 0) is 0 Å². The van der Waals surface area contributed by atoms with Crippen molar-refractivity contribution < 1.29 is 0 Å². The lowest BCUT2D eigenvalue weighted by Gasteiger charge is -2.16. The number of fused-ring (bicyclic) bond motifs is 8. The van der Waals surface area contributed by atoms with E-state index < -0.39 is 0 Å². The summed E-state index contributed by atoms with van der Waals surface area (Å²) in [5.41, 5.74) is 12.6. The zero-order valence-corrected chi connectivity index (χ0v) is 33.6. The number of rotatable bonds is 5. The molecule has 0 fully saturated rings. The Kier molecular flexibility index (Phi) is 8.11. The summed E-state index contributed by atoms with van der Waals surface area (Å²) in [6.45, 7) is 2.23. The van der Waals surface area contributed by atoms with Gasteiger partial charge in [-0.05, 0) is 118 Å². The van der Waals surface area contributed by atoms with E-state index in [4.69, 9.17) is 9.97 Å².